The van der Waals surface area contributed by atoms with E-state index >= 15 is 0 Å². The summed E-state index contributed by atoms with van der Waals surface area (Å²) in [5, 5.41) is 9.94. The number of nitrogens with zero attached hydrogens (tertiary/aromatic N) is 1. The first kappa shape index (κ1) is 9.84. The van der Waals surface area contributed by atoms with Crippen molar-refractivity contribution in [3.63, 3.8) is 0 Å². The lowest BCUT2D eigenvalue weighted by Crippen LogP contribution is -2.45. The summed E-state index contributed by atoms with van der Waals surface area (Å²) in [7, 11) is 0. The van der Waals surface area contributed by atoms with Crippen molar-refractivity contribution < 1.29 is 19.4 Å². The maximum Gasteiger partial charge on any atom is 0.411 e. The van der Waals surface area contributed by atoms with Crippen LogP contribution in [0.3, 0.4) is 0 Å². The van der Waals surface area contributed by atoms with Gasteiger partial charge in [-0.05, 0) is 18.4 Å². The fourth-order valence-electron chi connectivity index (χ4n) is 2.96. The average molecular weight is 223 g/mol. The second kappa shape index (κ2) is 3.07. The Morgan fingerprint density at radius 2 is 2.25 bits per heavy atom. The van der Waals surface area contributed by atoms with E-state index in [1.54, 1.807) is 4.90 Å². The summed E-state index contributed by atoms with van der Waals surface area (Å²) >= 11 is 0. The van der Waals surface area contributed by atoms with Gasteiger partial charge in [-0.1, -0.05) is 6.92 Å². The van der Waals surface area contributed by atoms with E-state index in [1.807, 2.05) is 6.92 Å². The van der Waals surface area contributed by atoms with Crippen molar-refractivity contribution in [1.29, 1.82) is 0 Å². The van der Waals surface area contributed by atoms with Crippen molar-refractivity contribution in [3.8, 4) is 0 Å². The van der Waals surface area contributed by atoms with E-state index in [0.717, 1.165) is 5.57 Å². The standard InChI is InChI=1S/C11H13NO4/c1-2-5-7-6(13)3-4-12-8(7)10(9(5)14)16-11(12)15/h6,8,10,13H,2-4H2,1H3/t6-,8-,10-/m0/s1. The molecule has 0 saturated carbocycles. The van der Waals surface area contributed by atoms with Crippen LogP contribution in [-0.4, -0.2) is 46.7 Å². The minimum Gasteiger partial charge on any atom is -0.435 e. The van der Waals surface area contributed by atoms with Gasteiger partial charge in [0.1, 0.15) is 6.04 Å². The minimum atomic E-state index is -0.701. The third kappa shape index (κ3) is 0.988. The van der Waals surface area contributed by atoms with Crippen LogP contribution < -0.4 is 0 Å². The van der Waals surface area contributed by atoms with Crippen LogP contribution in [-0.2, 0) is 9.53 Å². The van der Waals surface area contributed by atoms with Crippen LogP contribution in [0.1, 0.15) is 19.8 Å². The SMILES string of the molecule is CCC1=C2[C@@H](O)CCN3C(=O)O[C@H](C1=O)[C@H]23. The van der Waals surface area contributed by atoms with E-state index in [0.29, 0.717) is 25.0 Å². The summed E-state index contributed by atoms with van der Waals surface area (Å²) in [5.74, 6) is -0.126. The number of hydrogen-bond donors (Lipinski definition) is 1. The van der Waals surface area contributed by atoms with Crippen molar-refractivity contribution in [2.75, 3.05) is 6.54 Å². The second-order valence-corrected chi connectivity index (χ2v) is 4.40. The van der Waals surface area contributed by atoms with E-state index in [2.05, 4.69) is 0 Å². The number of ketones is 1. The lowest BCUT2D eigenvalue weighted by Gasteiger charge is -2.31. The molecule has 16 heavy (non-hydrogen) atoms. The van der Waals surface area contributed by atoms with Crippen molar-refractivity contribution in [3.05, 3.63) is 11.1 Å². The van der Waals surface area contributed by atoms with E-state index in [-0.39, 0.29) is 11.8 Å². The van der Waals surface area contributed by atoms with Crippen molar-refractivity contribution in [2.45, 2.75) is 38.0 Å². The van der Waals surface area contributed by atoms with Crippen LogP contribution in [0.2, 0.25) is 0 Å². The Labute approximate surface area is 92.7 Å². The molecule has 2 aliphatic heterocycles. The average Bonchev–Trinajstić information content (AvgIpc) is 2.72. The first-order chi connectivity index (χ1) is 7.65. The molecule has 0 unspecified atom stereocenters. The van der Waals surface area contributed by atoms with Gasteiger partial charge in [-0.15, -0.1) is 0 Å². The molecule has 0 spiro atoms. The number of ether oxygens (including phenoxy) is 1. The minimum absolute atomic E-state index is 0.126. The van der Waals surface area contributed by atoms with E-state index < -0.39 is 18.3 Å². The van der Waals surface area contributed by atoms with Crippen molar-refractivity contribution in [1.82, 2.24) is 4.90 Å². The molecule has 0 aromatic carbocycles. The number of Topliss-reactive ketones (excluding diaryl/α,β-unsaturated/α-hetero) is 1. The lowest BCUT2D eigenvalue weighted by atomic mass is 9.93. The predicted molar refractivity (Wildman–Crippen MR) is 53.7 cm³/mol. The third-order valence-electron chi connectivity index (χ3n) is 3.66. The number of piperidine rings is 1. The summed E-state index contributed by atoms with van der Waals surface area (Å²) in [4.78, 5) is 25.0. The highest BCUT2D eigenvalue weighted by molar-refractivity contribution is 6.06. The number of hydrogen-bond acceptors (Lipinski definition) is 4. The Balaban J connectivity index is 2.11. The highest BCUT2D eigenvalue weighted by atomic mass is 16.6. The van der Waals surface area contributed by atoms with Crippen molar-refractivity contribution in [2.24, 2.45) is 0 Å². The largest absolute Gasteiger partial charge is 0.435 e. The van der Waals surface area contributed by atoms with E-state index in [4.69, 9.17) is 4.74 Å². The van der Waals surface area contributed by atoms with Crippen LogP contribution in [0.25, 0.3) is 0 Å². The van der Waals surface area contributed by atoms with E-state index in [1.165, 1.54) is 0 Å². The molecule has 0 bridgehead atoms. The molecule has 2 fully saturated rings. The Morgan fingerprint density at radius 3 is 2.94 bits per heavy atom. The summed E-state index contributed by atoms with van der Waals surface area (Å²) < 4.78 is 5.08. The van der Waals surface area contributed by atoms with Crippen LogP contribution in [0.5, 0.6) is 0 Å². The van der Waals surface area contributed by atoms with Crippen LogP contribution in [0.15, 0.2) is 11.1 Å². The number of aliphatic hydroxyl groups excluding tert-OH is 1. The van der Waals surface area contributed by atoms with Gasteiger partial charge in [-0.2, -0.15) is 0 Å². The van der Waals surface area contributed by atoms with Crippen LogP contribution in [0, 0.1) is 0 Å². The van der Waals surface area contributed by atoms with Gasteiger partial charge in [0.15, 0.2) is 6.10 Å². The van der Waals surface area contributed by atoms with Gasteiger partial charge in [0.25, 0.3) is 0 Å². The lowest BCUT2D eigenvalue weighted by molar-refractivity contribution is -0.121. The molecular weight excluding hydrogens is 210 g/mol. The van der Waals surface area contributed by atoms with Gasteiger partial charge in [0, 0.05) is 12.1 Å². The fraction of sp³-hybridized carbons (Fsp3) is 0.636. The smallest absolute Gasteiger partial charge is 0.411 e. The molecule has 0 radical (unpaired) electrons. The maximum absolute atomic E-state index is 12.0. The normalized spacial score (nSPS) is 36.9. The number of amides is 1. The molecule has 2 heterocycles. The maximum atomic E-state index is 12.0. The monoisotopic (exact) mass is 223 g/mol. The third-order valence-corrected chi connectivity index (χ3v) is 3.66. The molecule has 5 heteroatoms. The summed E-state index contributed by atoms with van der Waals surface area (Å²) in [6.07, 6.45) is -0.649. The number of carbonyl (C=O) groups excluding carboxylic acids is 2. The zero-order valence-electron chi connectivity index (χ0n) is 8.97. The number of carbonyl (C=O) groups is 2. The molecule has 86 valence electrons. The van der Waals surface area contributed by atoms with Crippen LogP contribution >= 0.6 is 0 Å². The highest BCUT2D eigenvalue weighted by Gasteiger charge is 2.56. The quantitative estimate of drug-likeness (QED) is 0.691. The van der Waals surface area contributed by atoms with Gasteiger partial charge in [-0.3, -0.25) is 9.69 Å². The van der Waals surface area contributed by atoms with Gasteiger partial charge < -0.3 is 9.84 Å². The molecule has 3 atom stereocenters. The molecule has 3 aliphatic rings. The second-order valence-electron chi connectivity index (χ2n) is 4.40. The Hall–Kier alpha value is -1.36. The number of rotatable bonds is 1. The van der Waals surface area contributed by atoms with Crippen molar-refractivity contribution >= 4 is 11.9 Å². The summed E-state index contributed by atoms with van der Waals surface area (Å²) in [6, 6.07) is -0.335. The molecule has 1 amide bonds. The molecule has 2 saturated heterocycles. The van der Waals surface area contributed by atoms with Gasteiger partial charge in [0.2, 0.25) is 5.78 Å². The van der Waals surface area contributed by atoms with E-state index in [9.17, 15) is 14.7 Å². The zero-order valence-corrected chi connectivity index (χ0v) is 8.97. The molecule has 1 N–H and O–H groups in total. The number of aliphatic hydroxyl groups is 1. The molecule has 3 rings (SSSR count). The zero-order chi connectivity index (χ0) is 11.4. The summed E-state index contributed by atoms with van der Waals surface area (Å²) in [6.45, 7) is 2.35. The molecule has 5 nitrogen and oxygen atoms in total. The molecule has 0 aromatic rings. The first-order valence-corrected chi connectivity index (χ1v) is 5.57. The Morgan fingerprint density at radius 1 is 1.50 bits per heavy atom. The van der Waals surface area contributed by atoms with Gasteiger partial charge in [-0.25, -0.2) is 4.79 Å². The molecule has 0 aromatic heterocycles. The van der Waals surface area contributed by atoms with Gasteiger partial charge in [0.05, 0.1) is 6.10 Å². The Bertz CT molecular complexity index is 414. The van der Waals surface area contributed by atoms with Gasteiger partial charge >= 0.3 is 6.09 Å². The topological polar surface area (TPSA) is 66.8 Å². The highest BCUT2D eigenvalue weighted by Crippen LogP contribution is 2.41. The Kier molecular flexibility index (Phi) is 1.89. The molecule has 1 aliphatic carbocycles. The molecular formula is C11H13NO4. The first-order valence-electron chi connectivity index (χ1n) is 5.57. The predicted octanol–water partition coefficient (Wildman–Crippen LogP) is 0.230. The van der Waals surface area contributed by atoms with Crippen LogP contribution in [0.4, 0.5) is 4.79 Å². The fourth-order valence-corrected chi connectivity index (χ4v) is 2.96. The summed E-state index contributed by atoms with van der Waals surface area (Å²) in [5.41, 5.74) is 1.37.